The van der Waals surface area contributed by atoms with Crippen LogP contribution >= 0.6 is 0 Å². The first-order chi connectivity index (χ1) is 7.96. The normalized spacial score (nSPS) is 13.3. The molecule has 0 heterocycles. The van der Waals surface area contributed by atoms with Crippen LogP contribution in [0.3, 0.4) is 0 Å². The Hall–Kier alpha value is -0.830. The smallest absolute Gasteiger partial charge is 0.389 e. The molecule has 5 nitrogen and oxygen atoms in total. The minimum Gasteiger partial charge on any atom is -0.480 e. The average Bonchev–Trinajstić information content (AvgIpc) is 2.10. The summed E-state index contributed by atoms with van der Waals surface area (Å²) in [6.45, 7) is 2.18. The van der Waals surface area contributed by atoms with Gasteiger partial charge in [0.2, 0.25) is 10.0 Å². The quantitative estimate of drug-likeness (QED) is 0.770. The summed E-state index contributed by atoms with van der Waals surface area (Å²) >= 11 is 0. The van der Waals surface area contributed by atoms with Crippen molar-refractivity contribution in [3.05, 3.63) is 0 Å². The van der Waals surface area contributed by atoms with Gasteiger partial charge in [-0.15, -0.1) is 0 Å². The predicted octanol–water partition coefficient (Wildman–Crippen LogP) is 1.45. The Morgan fingerprint density at radius 2 is 1.83 bits per heavy atom. The SMILES string of the molecule is CC(C)N(CC(=O)O)S(=O)(=O)CCCC(F)(F)F. The van der Waals surface area contributed by atoms with Gasteiger partial charge in [0.05, 0.1) is 5.75 Å². The molecule has 0 aromatic carbocycles. The summed E-state index contributed by atoms with van der Waals surface area (Å²) in [5, 5.41) is 8.56. The first-order valence-electron chi connectivity index (χ1n) is 5.24. The molecule has 0 unspecified atom stereocenters. The van der Waals surface area contributed by atoms with Gasteiger partial charge in [0.25, 0.3) is 0 Å². The molecule has 0 bridgehead atoms. The summed E-state index contributed by atoms with van der Waals surface area (Å²) in [5.74, 6) is -2.05. The molecule has 0 aliphatic heterocycles. The zero-order valence-corrected chi connectivity index (χ0v) is 10.9. The number of rotatable bonds is 7. The van der Waals surface area contributed by atoms with Gasteiger partial charge in [-0.05, 0) is 20.3 Å². The Kier molecular flexibility index (Phi) is 6.08. The van der Waals surface area contributed by atoms with E-state index in [4.69, 9.17) is 5.11 Å². The first kappa shape index (κ1) is 17.2. The third-order valence-corrected chi connectivity index (χ3v) is 4.16. The van der Waals surface area contributed by atoms with Gasteiger partial charge in [0, 0.05) is 12.5 Å². The zero-order chi connectivity index (χ0) is 14.6. The van der Waals surface area contributed by atoms with Crippen LogP contribution in [0.4, 0.5) is 13.2 Å². The summed E-state index contributed by atoms with van der Waals surface area (Å²) in [6, 6.07) is -0.614. The van der Waals surface area contributed by atoms with Crippen LogP contribution in [0.25, 0.3) is 0 Å². The fraction of sp³-hybridized carbons (Fsp3) is 0.889. The van der Waals surface area contributed by atoms with Crippen molar-refractivity contribution in [3.8, 4) is 0 Å². The molecule has 0 aromatic heterocycles. The van der Waals surface area contributed by atoms with Crippen LogP contribution in [0.1, 0.15) is 26.7 Å². The Morgan fingerprint density at radius 1 is 1.33 bits per heavy atom. The molecule has 0 fully saturated rings. The molecule has 0 saturated carbocycles. The molecular weight excluding hydrogens is 275 g/mol. The molecule has 0 aromatic rings. The Labute approximate surface area is 104 Å². The van der Waals surface area contributed by atoms with Crippen molar-refractivity contribution in [1.29, 1.82) is 0 Å². The lowest BCUT2D eigenvalue weighted by molar-refractivity contribution is -0.138. The molecule has 1 N–H and O–H groups in total. The number of halogens is 3. The molecule has 0 rings (SSSR count). The van der Waals surface area contributed by atoms with Crippen LogP contribution in [0, 0.1) is 0 Å². The first-order valence-corrected chi connectivity index (χ1v) is 6.84. The second-order valence-corrected chi connectivity index (χ2v) is 6.11. The molecule has 0 spiro atoms. The van der Waals surface area contributed by atoms with Gasteiger partial charge in [-0.3, -0.25) is 4.79 Å². The van der Waals surface area contributed by atoms with E-state index < -0.39 is 53.3 Å². The topological polar surface area (TPSA) is 74.7 Å². The van der Waals surface area contributed by atoms with Gasteiger partial charge in [0.15, 0.2) is 0 Å². The number of aliphatic carboxylic acids is 1. The monoisotopic (exact) mass is 291 g/mol. The highest BCUT2D eigenvalue weighted by Gasteiger charge is 2.30. The van der Waals surface area contributed by atoms with E-state index in [-0.39, 0.29) is 0 Å². The molecule has 0 aliphatic carbocycles. The molecule has 0 atom stereocenters. The van der Waals surface area contributed by atoms with Crippen LogP contribution in [0.5, 0.6) is 0 Å². The van der Waals surface area contributed by atoms with Gasteiger partial charge >= 0.3 is 12.1 Å². The number of nitrogens with zero attached hydrogens (tertiary/aromatic N) is 1. The van der Waals surface area contributed by atoms with E-state index in [9.17, 15) is 26.4 Å². The van der Waals surface area contributed by atoms with Crippen molar-refractivity contribution in [1.82, 2.24) is 4.31 Å². The Balaban J connectivity index is 4.62. The summed E-state index contributed by atoms with van der Waals surface area (Å²) in [5.41, 5.74) is 0. The van der Waals surface area contributed by atoms with Crippen molar-refractivity contribution < 1.29 is 31.5 Å². The molecule has 0 amide bonds. The largest absolute Gasteiger partial charge is 0.480 e. The van der Waals surface area contributed by atoms with E-state index in [0.29, 0.717) is 4.31 Å². The highest BCUT2D eigenvalue weighted by molar-refractivity contribution is 7.89. The van der Waals surface area contributed by atoms with E-state index in [1.807, 2.05) is 0 Å². The van der Waals surface area contributed by atoms with Crippen molar-refractivity contribution in [3.63, 3.8) is 0 Å². The third kappa shape index (κ3) is 6.80. The number of alkyl halides is 3. The summed E-state index contributed by atoms with van der Waals surface area (Å²) in [4.78, 5) is 10.5. The zero-order valence-electron chi connectivity index (χ0n) is 10.1. The Bertz CT molecular complexity index is 378. The number of hydrogen-bond acceptors (Lipinski definition) is 3. The third-order valence-electron chi connectivity index (χ3n) is 2.09. The predicted molar refractivity (Wildman–Crippen MR) is 58.6 cm³/mol. The molecule has 0 radical (unpaired) electrons. The van der Waals surface area contributed by atoms with Crippen LogP contribution in [-0.4, -0.2) is 48.3 Å². The molecular formula is C9H16F3NO4S. The highest BCUT2D eigenvalue weighted by Crippen LogP contribution is 2.22. The number of carbonyl (C=O) groups is 1. The standard InChI is InChI=1S/C9H16F3NO4S/c1-7(2)13(6-8(14)15)18(16,17)5-3-4-9(10,11)12/h7H,3-6H2,1-2H3,(H,14,15). The van der Waals surface area contributed by atoms with Gasteiger partial charge in [-0.25, -0.2) is 8.42 Å². The second-order valence-electron chi connectivity index (χ2n) is 4.07. The fourth-order valence-corrected chi connectivity index (χ4v) is 3.00. The van der Waals surface area contributed by atoms with Crippen LogP contribution < -0.4 is 0 Å². The minimum atomic E-state index is -4.41. The van der Waals surface area contributed by atoms with Crippen molar-refractivity contribution in [2.75, 3.05) is 12.3 Å². The van der Waals surface area contributed by atoms with E-state index in [2.05, 4.69) is 0 Å². The van der Waals surface area contributed by atoms with Crippen LogP contribution in [0.15, 0.2) is 0 Å². The lowest BCUT2D eigenvalue weighted by Crippen LogP contribution is -2.42. The number of sulfonamides is 1. The summed E-state index contributed by atoms with van der Waals surface area (Å²) in [6.07, 6.45) is -6.19. The molecule has 0 saturated heterocycles. The summed E-state index contributed by atoms with van der Waals surface area (Å²) in [7, 11) is -3.99. The van der Waals surface area contributed by atoms with Crippen molar-refractivity contribution in [2.24, 2.45) is 0 Å². The van der Waals surface area contributed by atoms with Gasteiger partial charge in [-0.1, -0.05) is 0 Å². The van der Waals surface area contributed by atoms with Gasteiger partial charge in [-0.2, -0.15) is 17.5 Å². The van der Waals surface area contributed by atoms with Crippen LogP contribution in [0.2, 0.25) is 0 Å². The lowest BCUT2D eigenvalue weighted by Gasteiger charge is -2.24. The number of carboxylic acid groups (broad SMARTS) is 1. The van der Waals surface area contributed by atoms with Gasteiger partial charge in [0.1, 0.15) is 6.54 Å². The molecule has 108 valence electrons. The summed E-state index contributed by atoms with van der Waals surface area (Å²) < 4.78 is 59.8. The Morgan fingerprint density at radius 3 is 2.17 bits per heavy atom. The second kappa shape index (κ2) is 6.37. The maximum absolute atomic E-state index is 11.9. The molecule has 0 aliphatic rings. The maximum atomic E-state index is 11.9. The van der Waals surface area contributed by atoms with Crippen LogP contribution in [-0.2, 0) is 14.8 Å². The van der Waals surface area contributed by atoms with E-state index in [1.165, 1.54) is 13.8 Å². The lowest BCUT2D eigenvalue weighted by atomic mass is 10.3. The van der Waals surface area contributed by atoms with Gasteiger partial charge < -0.3 is 5.11 Å². The maximum Gasteiger partial charge on any atom is 0.389 e. The average molecular weight is 291 g/mol. The van der Waals surface area contributed by atoms with E-state index >= 15 is 0 Å². The highest BCUT2D eigenvalue weighted by atomic mass is 32.2. The number of carboxylic acids is 1. The number of hydrogen-bond donors (Lipinski definition) is 1. The minimum absolute atomic E-state index is 0.575. The fourth-order valence-electron chi connectivity index (χ4n) is 1.31. The van der Waals surface area contributed by atoms with Crippen molar-refractivity contribution in [2.45, 2.75) is 38.9 Å². The van der Waals surface area contributed by atoms with Crippen molar-refractivity contribution >= 4 is 16.0 Å². The molecule has 18 heavy (non-hydrogen) atoms. The van der Waals surface area contributed by atoms with E-state index in [1.54, 1.807) is 0 Å². The molecule has 9 heteroatoms. The van der Waals surface area contributed by atoms with E-state index in [0.717, 1.165) is 0 Å².